The Morgan fingerprint density at radius 3 is 3.11 bits per heavy atom. The van der Waals surface area contributed by atoms with Gasteiger partial charge in [0.15, 0.2) is 0 Å². The van der Waals surface area contributed by atoms with Crippen LogP contribution in [0.5, 0.6) is 0 Å². The van der Waals surface area contributed by atoms with Gasteiger partial charge in [-0.15, -0.1) is 0 Å². The largest absolute Gasteiger partial charge is 0.384 e. The van der Waals surface area contributed by atoms with E-state index in [-0.39, 0.29) is 17.6 Å². The number of hydrogen-bond donors (Lipinski definition) is 2. The molecule has 0 saturated carbocycles. The van der Waals surface area contributed by atoms with Gasteiger partial charge in [-0.2, -0.15) is 0 Å². The van der Waals surface area contributed by atoms with Crippen LogP contribution in [0.1, 0.15) is 36.2 Å². The van der Waals surface area contributed by atoms with Gasteiger partial charge < -0.3 is 15.4 Å². The summed E-state index contributed by atoms with van der Waals surface area (Å²) in [6.07, 6.45) is 1.96. The van der Waals surface area contributed by atoms with Crippen LogP contribution in [0.15, 0.2) is 18.2 Å². The summed E-state index contributed by atoms with van der Waals surface area (Å²) < 4.78 is 5.55. The molecule has 4 heteroatoms. The van der Waals surface area contributed by atoms with Crippen LogP contribution in [0.25, 0.3) is 0 Å². The molecule has 19 heavy (non-hydrogen) atoms. The molecule has 2 unspecified atom stereocenters. The number of ether oxygens (including phenoxy) is 1. The number of rotatable bonds is 2. The van der Waals surface area contributed by atoms with Gasteiger partial charge in [0, 0.05) is 24.4 Å². The number of nitrogens with one attached hydrogen (secondary N) is 2. The van der Waals surface area contributed by atoms with Gasteiger partial charge >= 0.3 is 0 Å². The van der Waals surface area contributed by atoms with Crippen LogP contribution >= 0.6 is 0 Å². The van der Waals surface area contributed by atoms with Gasteiger partial charge in [-0.25, -0.2) is 0 Å². The van der Waals surface area contributed by atoms with Crippen molar-refractivity contribution in [2.24, 2.45) is 0 Å². The fourth-order valence-electron chi connectivity index (χ4n) is 2.76. The molecule has 2 atom stereocenters. The van der Waals surface area contributed by atoms with Gasteiger partial charge in [-0.1, -0.05) is 6.07 Å². The molecular weight excluding hydrogens is 240 g/mol. The van der Waals surface area contributed by atoms with Crippen LogP contribution in [0.3, 0.4) is 0 Å². The monoisotopic (exact) mass is 260 g/mol. The zero-order chi connectivity index (χ0) is 13.5. The zero-order valence-electron chi connectivity index (χ0n) is 11.5. The number of benzene rings is 1. The molecule has 2 aliphatic rings. The molecule has 1 saturated heterocycles. The van der Waals surface area contributed by atoms with Gasteiger partial charge in [0.2, 0.25) is 0 Å². The second kappa shape index (κ2) is 4.53. The number of fused-ring (bicyclic) bond motifs is 1. The molecule has 3 rings (SSSR count). The maximum absolute atomic E-state index is 12.4. The lowest BCUT2D eigenvalue weighted by Crippen LogP contribution is -2.50. The van der Waals surface area contributed by atoms with Gasteiger partial charge in [0.1, 0.15) is 0 Å². The lowest BCUT2D eigenvalue weighted by molar-refractivity contribution is 0.0727. The van der Waals surface area contributed by atoms with E-state index in [4.69, 9.17) is 4.74 Å². The normalized spacial score (nSPS) is 28.8. The Hall–Kier alpha value is -1.55. The average Bonchev–Trinajstić information content (AvgIpc) is 2.96. The van der Waals surface area contributed by atoms with Gasteiger partial charge in [-0.3, -0.25) is 4.79 Å². The maximum atomic E-state index is 12.4. The van der Waals surface area contributed by atoms with Crippen molar-refractivity contribution >= 4 is 11.6 Å². The Morgan fingerprint density at radius 1 is 1.53 bits per heavy atom. The third-order valence-corrected chi connectivity index (χ3v) is 4.37. The average molecular weight is 260 g/mol. The third kappa shape index (κ3) is 2.21. The smallest absolute Gasteiger partial charge is 0.251 e. The van der Waals surface area contributed by atoms with Crippen molar-refractivity contribution in [3.05, 3.63) is 29.3 Å². The van der Waals surface area contributed by atoms with E-state index < -0.39 is 0 Å². The Morgan fingerprint density at radius 2 is 2.37 bits per heavy atom. The molecular formula is C15H20N2O2. The molecule has 0 spiro atoms. The standard InChI is InChI=1S/C15H20N2O2/c1-10-15(2,6-8-19-10)17-14(18)12-4-3-11-5-7-16-13(11)9-12/h3-4,9-10,16H,5-8H2,1-2H3,(H,17,18). The highest BCUT2D eigenvalue weighted by atomic mass is 16.5. The lowest BCUT2D eigenvalue weighted by Gasteiger charge is -2.29. The van der Waals surface area contributed by atoms with Gasteiger partial charge in [-0.05, 0) is 44.4 Å². The summed E-state index contributed by atoms with van der Waals surface area (Å²) in [6, 6.07) is 5.90. The summed E-state index contributed by atoms with van der Waals surface area (Å²) >= 11 is 0. The Balaban J connectivity index is 1.77. The molecule has 0 bridgehead atoms. The topological polar surface area (TPSA) is 50.4 Å². The molecule has 1 aromatic rings. The first-order valence-corrected chi connectivity index (χ1v) is 6.89. The SMILES string of the molecule is CC1OCCC1(C)NC(=O)c1ccc2c(c1)NCC2. The number of carbonyl (C=O) groups excluding carboxylic acids is 1. The first kappa shape index (κ1) is 12.5. The molecule has 0 radical (unpaired) electrons. The van der Waals surface area contributed by atoms with E-state index in [9.17, 15) is 4.79 Å². The van der Waals surface area contributed by atoms with E-state index in [2.05, 4.69) is 10.6 Å². The van der Waals surface area contributed by atoms with E-state index in [0.29, 0.717) is 12.2 Å². The molecule has 0 aliphatic carbocycles. The summed E-state index contributed by atoms with van der Waals surface area (Å²) in [4.78, 5) is 12.4. The fraction of sp³-hybridized carbons (Fsp3) is 0.533. The molecule has 2 heterocycles. The highest BCUT2D eigenvalue weighted by Crippen LogP contribution is 2.27. The Bertz CT molecular complexity index is 515. The summed E-state index contributed by atoms with van der Waals surface area (Å²) in [5.41, 5.74) is 2.84. The van der Waals surface area contributed by atoms with Crippen molar-refractivity contribution in [2.45, 2.75) is 38.3 Å². The minimum Gasteiger partial charge on any atom is -0.384 e. The lowest BCUT2D eigenvalue weighted by atomic mass is 9.94. The van der Waals surface area contributed by atoms with E-state index in [1.165, 1.54) is 5.56 Å². The summed E-state index contributed by atoms with van der Waals surface area (Å²) in [5.74, 6) is -0.0173. The van der Waals surface area contributed by atoms with Crippen LogP contribution < -0.4 is 10.6 Å². The van der Waals surface area contributed by atoms with E-state index in [0.717, 1.165) is 25.1 Å². The molecule has 1 amide bonds. The summed E-state index contributed by atoms with van der Waals surface area (Å²) in [5, 5.41) is 6.42. The Kier molecular flexibility index (Phi) is 2.97. The highest BCUT2D eigenvalue weighted by molar-refractivity contribution is 5.96. The minimum absolute atomic E-state index is 0.0173. The number of hydrogen-bond acceptors (Lipinski definition) is 3. The molecule has 1 aromatic carbocycles. The Labute approximate surface area is 113 Å². The minimum atomic E-state index is -0.260. The second-order valence-electron chi connectivity index (χ2n) is 5.68. The van der Waals surface area contributed by atoms with Crippen molar-refractivity contribution in [2.75, 3.05) is 18.5 Å². The van der Waals surface area contributed by atoms with Crippen molar-refractivity contribution in [1.82, 2.24) is 5.32 Å². The van der Waals surface area contributed by atoms with Crippen molar-refractivity contribution < 1.29 is 9.53 Å². The van der Waals surface area contributed by atoms with Crippen LogP contribution in [0, 0.1) is 0 Å². The predicted octanol–water partition coefficient (Wildman–Crippen LogP) is 1.95. The first-order valence-electron chi connectivity index (χ1n) is 6.89. The van der Waals surface area contributed by atoms with E-state index >= 15 is 0 Å². The number of amides is 1. The second-order valence-corrected chi connectivity index (χ2v) is 5.68. The molecule has 2 aliphatic heterocycles. The fourth-order valence-corrected chi connectivity index (χ4v) is 2.76. The molecule has 2 N–H and O–H groups in total. The van der Waals surface area contributed by atoms with Crippen LogP contribution in [0.4, 0.5) is 5.69 Å². The highest BCUT2D eigenvalue weighted by Gasteiger charge is 2.38. The zero-order valence-corrected chi connectivity index (χ0v) is 11.5. The van der Waals surface area contributed by atoms with Gasteiger partial charge in [0.25, 0.3) is 5.91 Å². The summed E-state index contributed by atoms with van der Waals surface area (Å²) in [7, 11) is 0. The van der Waals surface area contributed by atoms with Crippen LogP contribution in [-0.4, -0.2) is 30.7 Å². The molecule has 4 nitrogen and oxygen atoms in total. The number of carbonyl (C=O) groups is 1. The maximum Gasteiger partial charge on any atom is 0.251 e. The third-order valence-electron chi connectivity index (χ3n) is 4.37. The van der Waals surface area contributed by atoms with Gasteiger partial charge in [0.05, 0.1) is 11.6 Å². The molecule has 1 fully saturated rings. The molecule has 102 valence electrons. The van der Waals surface area contributed by atoms with E-state index in [1.54, 1.807) is 0 Å². The first-order chi connectivity index (χ1) is 9.08. The number of anilines is 1. The van der Waals surface area contributed by atoms with Crippen molar-refractivity contribution in [1.29, 1.82) is 0 Å². The van der Waals surface area contributed by atoms with Crippen molar-refractivity contribution in [3.63, 3.8) is 0 Å². The summed E-state index contributed by atoms with van der Waals surface area (Å²) in [6.45, 7) is 5.73. The van der Waals surface area contributed by atoms with Crippen LogP contribution in [0.2, 0.25) is 0 Å². The van der Waals surface area contributed by atoms with E-state index in [1.807, 2.05) is 32.0 Å². The molecule has 0 aromatic heterocycles. The quantitative estimate of drug-likeness (QED) is 0.854. The predicted molar refractivity (Wildman–Crippen MR) is 74.5 cm³/mol. The van der Waals surface area contributed by atoms with Crippen LogP contribution in [-0.2, 0) is 11.2 Å². The van der Waals surface area contributed by atoms with Crippen molar-refractivity contribution in [3.8, 4) is 0 Å².